The average Bonchev–Trinajstić information content (AvgIpc) is 2.94. The summed E-state index contributed by atoms with van der Waals surface area (Å²) >= 11 is 0. The quantitative estimate of drug-likeness (QED) is 0.545. The number of ether oxygens (including phenoxy) is 4. The van der Waals surface area contributed by atoms with Crippen molar-refractivity contribution in [3.05, 3.63) is 0 Å². The Morgan fingerprint density at radius 2 is 1.91 bits per heavy atom. The number of methoxy groups -OCH3 is 1. The second-order valence-corrected chi connectivity index (χ2v) is 6.52. The van der Waals surface area contributed by atoms with Gasteiger partial charge in [-0.25, -0.2) is 0 Å². The molecular formula is C16H28O6. The van der Waals surface area contributed by atoms with Gasteiger partial charge in [0.05, 0.1) is 19.8 Å². The van der Waals surface area contributed by atoms with Crippen molar-refractivity contribution in [2.45, 2.75) is 76.7 Å². The molecule has 0 radical (unpaired) electrons. The largest absolute Gasteiger partial charge is 0.469 e. The number of hydrogen-bond donors (Lipinski definition) is 1. The minimum atomic E-state index is -0.617. The van der Waals surface area contributed by atoms with Crippen LogP contribution in [0.4, 0.5) is 0 Å². The molecule has 0 aromatic rings. The molecule has 6 heteroatoms. The van der Waals surface area contributed by atoms with Crippen LogP contribution in [0.25, 0.3) is 0 Å². The van der Waals surface area contributed by atoms with Crippen molar-refractivity contribution in [1.29, 1.82) is 0 Å². The van der Waals surface area contributed by atoms with Crippen molar-refractivity contribution < 1.29 is 28.8 Å². The highest BCUT2D eigenvalue weighted by atomic mass is 16.8. The Morgan fingerprint density at radius 3 is 2.59 bits per heavy atom. The predicted molar refractivity (Wildman–Crippen MR) is 79.0 cm³/mol. The van der Waals surface area contributed by atoms with Crippen molar-refractivity contribution in [3.63, 3.8) is 0 Å². The summed E-state index contributed by atoms with van der Waals surface area (Å²) in [6.45, 7) is 3.76. The highest BCUT2D eigenvalue weighted by molar-refractivity contribution is 5.68. The van der Waals surface area contributed by atoms with Gasteiger partial charge in [-0.05, 0) is 26.7 Å². The SMILES string of the molecule is COC(=O)CCCCCC[C@H]1[C@H]2OC(C)(C)O[C@H]2O[C@@H]1CO. The molecule has 0 aromatic heterocycles. The van der Waals surface area contributed by atoms with Gasteiger partial charge >= 0.3 is 5.97 Å². The Labute approximate surface area is 132 Å². The molecule has 2 saturated heterocycles. The van der Waals surface area contributed by atoms with Crippen LogP contribution < -0.4 is 0 Å². The lowest BCUT2D eigenvalue weighted by Crippen LogP contribution is -2.31. The van der Waals surface area contributed by atoms with Crippen LogP contribution in [-0.4, -0.2) is 49.1 Å². The molecule has 128 valence electrons. The molecule has 2 aliphatic rings. The van der Waals surface area contributed by atoms with E-state index in [4.69, 9.17) is 14.2 Å². The van der Waals surface area contributed by atoms with E-state index in [1.165, 1.54) is 7.11 Å². The number of rotatable bonds is 8. The van der Waals surface area contributed by atoms with Gasteiger partial charge in [0.25, 0.3) is 0 Å². The minimum absolute atomic E-state index is 0.00679. The highest BCUT2D eigenvalue weighted by Crippen LogP contribution is 2.42. The first kappa shape index (κ1) is 17.7. The van der Waals surface area contributed by atoms with Gasteiger partial charge in [-0.1, -0.05) is 19.3 Å². The van der Waals surface area contributed by atoms with Gasteiger partial charge in [0.15, 0.2) is 12.1 Å². The van der Waals surface area contributed by atoms with Gasteiger partial charge in [0.2, 0.25) is 0 Å². The Morgan fingerprint density at radius 1 is 1.18 bits per heavy atom. The lowest BCUT2D eigenvalue weighted by Gasteiger charge is -2.24. The summed E-state index contributed by atoms with van der Waals surface area (Å²) in [6, 6.07) is 0. The van der Waals surface area contributed by atoms with E-state index in [0.717, 1.165) is 32.1 Å². The number of fused-ring (bicyclic) bond motifs is 1. The maximum atomic E-state index is 11.0. The molecule has 2 aliphatic heterocycles. The van der Waals surface area contributed by atoms with E-state index >= 15 is 0 Å². The number of carbonyl (C=O) groups is 1. The fraction of sp³-hybridized carbons (Fsp3) is 0.938. The monoisotopic (exact) mass is 316 g/mol. The Kier molecular flexibility index (Phi) is 6.20. The van der Waals surface area contributed by atoms with Crippen molar-refractivity contribution >= 4 is 5.97 Å². The van der Waals surface area contributed by atoms with Crippen LogP contribution in [0.2, 0.25) is 0 Å². The summed E-state index contributed by atoms with van der Waals surface area (Å²) in [7, 11) is 1.42. The van der Waals surface area contributed by atoms with Crippen LogP contribution in [0.15, 0.2) is 0 Å². The summed E-state index contributed by atoms with van der Waals surface area (Å²) < 4.78 is 22.0. The smallest absolute Gasteiger partial charge is 0.305 e. The zero-order valence-electron chi connectivity index (χ0n) is 13.7. The average molecular weight is 316 g/mol. The topological polar surface area (TPSA) is 74.2 Å². The number of unbranched alkanes of at least 4 members (excludes halogenated alkanes) is 3. The molecular weight excluding hydrogens is 288 g/mol. The molecule has 0 amide bonds. The first-order chi connectivity index (χ1) is 10.5. The third-order valence-corrected chi connectivity index (χ3v) is 4.37. The molecule has 22 heavy (non-hydrogen) atoms. The number of aliphatic hydroxyl groups excluding tert-OH is 1. The molecule has 2 rings (SSSR count). The van der Waals surface area contributed by atoms with Crippen molar-refractivity contribution in [1.82, 2.24) is 0 Å². The van der Waals surface area contributed by atoms with E-state index in [0.29, 0.717) is 6.42 Å². The first-order valence-corrected chi connectivity index (χ1v) is 8.15. The lowest BCUT2D eigenvalue weighted by atomic mass is 9.92. The number of aliphatic hydroxyl groups is 1. The summed E-state index contributed by atoms with van der Waals surface area (Å²) in [5.74, 6) is -0.599. The molecule has 2 fully saturated rings. The molecule has 0 aliphatic carbocycles. The second kappa shape index (κ2) is 7.73. The zero-order valence-corrected chi connectivity index (χ0v) is 13.7. The standard InChI is InChI=1S/C16H28O6/c1-16(2)21-14-11(12(10-17)20-15(14)22-16)8-6-4-5-7-9-13(18)19-3/h11-12,14-15,17H,4-10H2,1-3H3/t11-,12-,14-,15-/m1/s1. The molecule has 0 aromatic carbocycles. The van der Waals surface area contributed by atoms with Crippen LogP contribution in [0.5, 0.6) is 0 Å². The number of carbonyl (C=O) groups excluding carboxylic acids is 1. The summed E-state index contributed by atoms with van der Waals surface area (Å²) in [5, 5.41) is 9.46. The van der Waals surface area contributed by atoms with E-state index in [-0.39, 0.29) is 37.0 Å². The van der Waals surface area contributed by atoms with Gasteiger partial charge in [0.1, 0.15) is 6.10 Å². The van der Waals surface area contributed by atoms with Crippen molar-refractivity contribution in [2.75, 3.05) is 13.7 Å². The van der Waals surface area contributed by atoms with E-state index < -0.39 is 5.79 Å². The normalized spacial score (nSPS) is 32.9. The fourth-order valence-electron chi connectivity index (χ4n) is 3.27. The molecule has 0 bridgehead atoms. The van der Waals surface area contributed by atoms with Crippen LogP contribution in [0.3, 0.4) is 0 Å². The molecule has 4 atom stereocenters. The summed E-state index contributed by atoms with van der Waals surface area (Å²) in [4.78, 5) is 11.0. The highest BCUT2D eigenvalue weighted by Gasteiger charge is 2.53. The van der Waals surface area contributed by atoms with Gasteiger partial charge in [-0.3, -0.25) is 4.79 Å². The molecule has 6 nitrogen and oxygen atoms in total. The lowest BCUT2D eigenvalue weighted by molar-refractivity contribution is -0.213. The summed E-state index contributed by atoms with van der Waals surface area (Å²) in [6.07, 6.45) is 4.69. The third kappa shape index (κ3) is 4.41. The van der Waals surface area contributed by atoms with Crippen LogP contribution in [-0.2, 0) is 23.7 Å². The number of hydrogen-bond acceptors (Lipinski definition) is 6. The van der Waals surface area contributed by atoms with E-state index in [1.54, 1.807) is 0 Å². The summed E-state index contributed by atoms with van der Waals surface area (Å²) in [5.41, 5.74) is 0. The van der Waals surface area contributed by atoms with Crippen molar-refractivity contribution in [3.8, 4) is 0 Å². The van der Waals surface area contributed by atoms with E-state index in [1.807, 2.05) is 13.8 Å². The van der Waals surface area contributed by atoms with Gasteiger partial charge in [0, 0.05) is 12.3 Å². The second-order valence-electron chi connectivity index (χ2n) is 6.52. The Hall–Kier alpha value is -0.690. The Balaban J connectivity index is 1.70. The molecule has 0 unspecified atom stereocenters. The Bertz CT molecular complexity index is 370. The van der Waals surface area contributed by atoms with Crippen LogP contribution in [0, 0.1) is 5.92 Å². The predicted octanol–water partition coefficient (Wildman–Crippen LogP) is 1.98. The number of esters is 1. The maximum Gasteiger partial charge on any atom is 0.305 e. The molecule has 2 heterocycles. The molecule has 0 spiro atoms. The first-order valence-electron chi connectivity index (χ1n) is 8.15. The van der Waals surface area contributed by atoms with Crippen LogP contribution in [0.1, 0.15) is 52.4 Å². The van der Waals surface area contributed by atoms with Gasteiger partial charge in [-0.2, -0.15) is 0 Å². The van der Waals surface area contributed by atoms with Gasteiger partial charge < -0.3 is 24.1 Å². The fourth-order valence-corrected chi connectivity index (χ4v) is 3.27. The van der Waals surface area contributed by atoms with Gasteiger partial charge in [-0.15, -0.1) is 0 Å². The van der Waals surface area contributed by atoms with E-state index in [9.17, 15) is 9.90 Å². The minimum Gasteiger partial charge on any atom is -0.469 e. The zero-order chi connectivity index (χ0) is 16.2. The maximum absolute atomic E-state index is 11.0. The third-order valence-electron chi connectivity index (χ3n) is 4.37. The van der Waals surface area contributed by atoms with Crippen LogP contribution >= 0.6 is 0 Å². The molecule has 1 N–H and O–H groups in total. The van der Waals surface area contributed by atoms with E-state index in [2.05, 4.69) is 4.74 Å². The molecule has 0 saturated carbocycles. The van der Waals surface area contributed by atoms with Crippen molar-refractivity contribution in [2.24, 2.45) is 5.92 Å².